The van der Waals surface area contributed by atoms with Crippen LogP contribution < -0.4 is 10.1 Å². The zero-order valence-corrected chi connectivity index (χ0v) is 16.4. The van der Waals surface area contributed by atoms with E-state index in [2.05, 4.69) is 10.3 Å². The molecule has 0 saturated carbocycles. The highest BCUT2D eigenvalue weighted by molar-refractivity contribution is 7.89. The minimum absolute atomic E-state index is 0.128. The molecule has 0 spiro atoms. The van der Waals surface area contributed by atoms with Gasteiger partial charge in [0.05, 0.1) is 12.6 Å². The van der Waals surface area contributed by atoms with Gasteiger partial charge in [-0.05, 0) is 50.5 Å². The molecule has 1 aliphatic rings. The number of aromatic amines is 1. The fourth-order valence-corrected chi connectivity index (χ4v) is 4.62. The number of carbonyl (C=O) groups is 1. The van der Waals surface area contributed by atoms with Gasteiger partial charge in [0.2, 0.25) is 10.0 Å². The summed E-state index contributed by atoms with van der Waals surface area (Å²) in [5, 5.41) is 2.88. The number of hydrogen-bond donors (Lipinski definition) is 2. The summed E-state index contributed by atoms with van der Waals surface area (Å²) in [7, 11) is -3.53. The number of rotatable bonds is 7. The van der Waals surface area contributed by atoms with Crippen LogP contribution in [0.3, 0.4) is 0 Å². The van der Waals surface area contributed by atoms with Crippen molar-refractivity contribution in [3.05, 3.63) is 47.8 Å². The highest BCUT2D eigenvalue weighted by atomic mass is 32.2. The molecule has 1 atom stereocenters. The maximum absolute atomic E-state index is 12.6. The van der Waals surface area contributed by atoms with Crippen molar-refractivity contribution in [1.82, 2.24) is 14.6 Å². The average Bonchev–Trinajstić information content (AvgIpc) is 3.35. The van der Waals surface area contributed by atoms with Crippen molar-refractivity contribution < 1.29 is 17.9 Å². The molecule has 0 bridgehead atoms. The van der Waals surface area contributed by atoms with E-state index in [-0.39, 0.29) is 22.5 Å². The van der Waals surface area contributed by atoms with Crippen LogP contribution in [-0.4, -0.2) is 43.3 Å². The first-order valence-electron chi connectivity index (χ1n) is 9.14. The molecule has 0 radical (unpaired) electrons. The molecule has 0 aliphatic carbocycles. The van der Waals surface area contributed by atoms with Crippen LogP contribution in [0.15, 0.2) is 41.4 Å². The number of benzene rings is 1. The summed E-state index contributed by atoms with van der Waals surface area (Å²) >= 11 is 0. The zero-order valence-electron chi connectivity index (χ0n) is 15.6. The first-order chi connectivity index (χ1) is 12.9. The molecule has 1 aromatic heterocycles. The molecule has 1 saturated heterocycles. The molecule has 1 aromatic carbocycles. The minimum Gasteiger partial charge on any atom is -0.494 e. The number of sulfonamides is 1. The molecule has 27 heavy (non-hydrogen) atoms. The van der Waals surface area contributed by atoms with E-state index >= 15 is 0 Å². The van der Waals surface area contributed by atoms with Crippen LogP contribution in [-0.2, 0) is 10.0 Å². The molecule has 1 unspecified atom stereocenters. The molecule has 2 aromatic rings. The number of H-pyrrole nitrogens is 1. The van der Waals surface area contributed by atoms with Crippen molar-refractivity contribution >= 4 is 15.9 Å². The first-order valence-corrected chi connectivity index (χ1v) is 10.6. The third kappa shape index (κ3) is 4.33. The molecule has 8 heteroatoms. The van der Waals surface area contributed by atoms with Gasteiger partial charge >= 0.3 is 0 Å². The van der Waals surface area contributed by atoms with Gasteiger partial charge in [-0.15, -0.1) is 0 Å². The highest BCUT2D eigenvalue weighted by Gasteiger charge is 2.28. The lowest BCUT2D eigenvalue weighted by molar-refractivity contribution is 0.0935. The number of nitrogens with one attached hydrogen (secondary N) is 2. The maximum Gasteiger partial charge on any atom is 0.268 e. The number of carbonyl (C=O) groups excluding carboxylic acids is 1. The first kappa shape index (κ1) is 19.4. The molecule has 1 fully saturated rings. The lowest BCUT2D eigenvalue weighted by Gasteiger charge is -2.15. The van der Waals surface area contributed by atoms with Gasteiger partial charge < -0.3 is 15.0 Å². The van der Waals surface area contributed by atoms with Crippen molar-refractivity contribution in [3.8, 4) is 5.75 Å². The van der Waals surface area contributed by atoms with Gasteiger partial charge in [-0.1, -0.05) is 12.1 Å². The summed E-state index contributed by atoms with van der Waals surface area (Å²) < 4.78 is 32.0. The van der Waals surface area contributed by atoms with E-state index in [1.807, 2.05) is 38.1 Å². The summed E-state index contributed by atoms with van der Waals surface area (Å²) in [5.41, 5.74) is 1.16. The molecule has 3 rings (SSSR count). The summed E-state index contributed by atoms with van der Waals surface area (Å²) in [6.07, 6.45) is 3.12. The molecular formula is C19H25N3O4S. The van der Waals surface area contributed by atoms with Gasteiger partial charge in [0.15, 0.2) is 0 Å². The van der Waals surface area contributed by atoms with Crippen LogP contribution in [0, 0.1) is 0 Å². The largest absolute Gasteiger partial charge is 0.494 e. The van der Waals surface area contributed by atoms with Gasteiger partial charge in [-0.25, -0.2) is 8.42 Å². The van der Waals surface area contributed by atoms with Crippen LogP contribution in [0.4, 0.5) is 0 Å². The Bertz CT molecular complexity index is 884. The van der Waals surface area contributed by atoms with Gasteiger partial charge in [0, 0.05) is 19.3 Å². The Kier molecular flexibility index (Phi) is 5.86. The lowest BCUT2D eigenvalue weighted by atomic mass is 10.1. The fraction of sp³-hybridized carbons (Fsp3) is 0.421. The number of nitrogens with zero attached hydrogens (tertiary/aromatic N) is 1. The van der Waals surface area contributed by atoms with Crippen LogP contribution in [0.5, 0.6) is 5.75 Å². The second kappa shape index (κ2) is 8.14. The third-order valence-corrected chi connectivity index (χ3v) is 6.52. The molecule has 7 nitrogen and oxygen atoms in total. The van der Waals surface area contributed by atoms with Crippen LogP contribution in [0.1, 0.15) is 48.8 Å². The Hall–Kier alpha value is -2.32. The number of amides is 1. The smallest absolute Gasteiger partial charge is 0.268 e. The van der Waals surface area contributed by atoms with E-state index in [1.54, 1.807) is 0 Å². The van der Waals surface area contributed by atoms with Gasteiger partial charge in [0.25, 0.3) is 5.91 Å². The van der Waals surface area contributed by atoms with E-state index in [0.717, 1.165) is 24.2 Å². The van der Waals surface area contributed by atoms with Gasteiger partial charge in [0.1, 0.15) is 16.3 Å². The Morgan fingerprint density at radius 2 is 1.93 bits per heavy atom. The topological polar surface area (TPSA) is 91.5 Å². The molecule has 2 N–H and O–H groups in total. The zero-order chi connectivity index (χ0) is 19.4. The molecule has 2 heterocycles. The Morgan fingerprint density at radius 3 is 2.56 bits per heavy atom. The fourth-order valence-electron chi connectivity index (χ4n) is 3.11. The molecule has 146 valence electrons. The van der Waals surface area contributed by atoms with Crippen LogP contribution >= 0.6 is 0 Å². The minimum atomic E-state index is -3.53. The number of aromatic nitrogens is 1. The lowest BCUT2D eigenvalue weighted by Crippen LogP contribution is -2.28. The molecule has 1 amide bonds. The standard InChI is InChI=1S/C19H25N3O4S/c1-3-26-16-8-6-15(7-9-16)14(2)21-19(23)18-12-17(13-20-18)27(24,25)22-10-4-5-11-22/h6-9,12-14,20H,3-5,10-11H2,1-2H3,(H,21,23). The summed E-state index contributed by atoms with van der Waals surface area (Å²) in [6.45, 7) is 5.46. The monoisotopic (exact) mass is 391 g/mol. The van der Waals surface area contributed by atoms with Crippen molar-refractivity contribution in [1.29, 1.82) is 0 Å². The summed E-state index contributed by atoms with van der Waals surface area (Å²) in [5.74, 6) is 0.431. The summed E-state index contributed by atoms with van der Waals surface area (Å²) in [4.78, 5) is 15.4. The number of ether oxygens (including phenoxy) is 1. The average molecular weight is 391 g/mol. The van der Waals surface area contributed by atoms with Gasteiger partial charge in [-0.2, -0.15) is 4.31 Å². The normalized spacial score (nSPS) is 16.2. The number of hydrogen-bond acceptors (Lipinski definition) is 4. The molecule has 1 aliphatic heterocycles. The van der Waals surface area contributed by atoms with Crippen LogP contribution in [0.2, 0.25) is 0 Å². The van der Waals surface area contributed by atoms with Crippen molar-refractivity contribution in [2.45, 2.75) is 37.6 Å². The van der Waals surface area contributed by atoms with E-state index in [4.69, 9.17) is 4.74 Å². The van der Waals surface area contributed by atoms with E-state index in [1.165, 1.54) is 16.6 Å². The second-order valence-electron chi connectivity index (χ2n) is 6.56. The van der Waals surface area contributed by atoms with Crippen molar-refractivity contribution in [3.63, 3.8) is 0 Å². The SMILES string of the molecule is CCOc1ccc(C(C)NC(=O)c2cc(S(=O)(=O)N3CCCC3)c[nH]2)cc1. The van der Waals surface area contributed by atoms with E-state index in [0.29, 0.717) is 19.7 Å². The third-order valence-electron chi connectivity index (χ3n) is 4.64. The molecular weight excluding hydrogens is 366 g/mol. The Morgan fingerprint density at radius 1 is 1.26 bits per heavy atom. The quantitative estimate of drug-likeness (QED) is 0.759. The maximum atomic E-state index is 12.6. The predicted molar refractivity (Wildman–Crippen MR) is 102 cm³/mol. The van der Waals surface area contributed by atoms with Crippen LogP contribution in [0.25, 0.3) is 0 Å². The highest BCUT2D eigenvalue weighted by Crippen LogP contribution is 2.22. The Labute approximate surface area is 159 Å². The van der Waals surface area contributed by atoms with Crippen molar-refractivity contribution in [2.24, 2.45) is 0 Å². The predicted octanol–water partition coefficient (Wildman–Crippen LogP) is 2.69. The second-order valence-corrected chi connectivity index (χ2v) is 8.50. The van der Waals surface area contributed by atoms with E-state index < -0.39 is 10.0 Å². The van der Waals surface area contributed by atoms with Gasteiger partial charge in [-0.3, -0.25) is 4.79 Å². The Balaban J connectivity index is 1.67. The van der Waals surface area contributed by atoms with Crippen molar-refractivity contribution in [2.75, 3.05) is 19.7 Å². The summed E-state index contributed by atoms with van der Waals surface area (Å²) in [6, 6.07) is 8.68. The van der Waals surface area contributed by atoms with E-state index in [9.17, 15) is 13.2 Å².